The highest BCUT2D eigenvalue weighted by atomic mass is 35.5. The second kappa shape index (κ2) is 2.58. The van der Waals surface area contributed by atoms with Crippen LogP contribution in [-0.2, 0) is 4.57 Å². The third-order valence-corrected chi connectivity index (χ3v) is 0.878. The molecule has 0 rings (SSSR count). The Hall–Kier alpha value is 0.350. The van der Waals surface area contributed by atoms with Crippen LogP contribution >= 0.6 is 19.6 Å². The van der Waals surface area contributed by atoms with Gasteiger partial charge in [0.15, 0.2) is 0 Å². The van der Waals surface area contributed by atoms with Crippen LogP contribution in [0.25, 0.3) is 0 Å². The van der Waals surface area contributed by atoms with Gasteiger partial charge in [0, 0.05) is 0 Å². The fourth-order valence-corrected chi connectivity index (χ4v) is 0. The van der Waals surface area contributed by atoms with E-state index in [1.165, 1.54) is 0 Å². The SMILES string of the molecule is O=[P+]([O-])CCl. The Bertz CT molecular complexity index is 44.9. The minimum Gasteiger partial charge on any atom is -0.595 e. The summed E-state index contributed by atoms with van der Waals surface area (Å²) in [5.74, 6) is 0. The van der Waals surface area contributed by atoms with E-state index in [1.54, 1.807) is 0 Å². The molecule has 5 heavy (non-hydrogen) atoms. The summed E-state index contributed by atoms with van der Waals surface area (Å²) < 4.78 is 9.27. The first-order valence-electron chi connectivity index (χ1n) is 0.949. The maximum atomic E-state index is 9.27. The van der Waals surface area contributed by atoms with Crippen LogP contribution in [0, 0.1) is 0 Å². The lowest BCUT2D eigenvalue weighted by Crippen LogP contribution is -1.82. The molecule has 0 spiro atoms. The van der Waals surface area contributed by atoms with Crippen LogP contribution in [-0.4, -0.2) is 5.62 Å². The van der Waals surface area contributed by atoms with E-state index in [2.05, 4.69) is 0 Å². The van der Waals surface area contributed by atoms with Gasteiger partial charge in [-0.15, -0.1) is 0 Å². The van der Waals surface area contributed by atoms with E-state index >= 15 is 0 Å². The third kappa shape index (κ3) is 4.35. The maximum Gasteiger partial charge on any atom is 0.325 e. The lowest BCUT2D eigenvalue weighted by atomic mass is 11.9. The van der Waals surface area contributed by atoms with Crippen molar-refractivity contribution in [3.8, 4) is 0 Å². The summed E-state index contributed by atoms with van der Waals surface area (Å²) in [6.45, 7) is 0. The van der Waals surface area contributed by atoms with E-state index in [4.69, 9.17) is 11.6 Å². The van der Waals surface area contributed by atoms with Crippen LogP contribution in [0.15, 0.2) is 0 Å². The van der Waals surface area contributed by atoms with Gasteiger partial charge in [-0.2, -0.15) is 0 Å². The Kier molecular flexibility index (Phi) is 2.76. The molecule has 2 nitrogen and oxygen atoms in total. The summed E-state index contributed by atoms with van der Waals surface area (Å²) in [4.78, 5) is 9.27. The van der Waals surface area contributed by atoms with Crippen LogP contribution in [0.1, 0.15) is 0 Å². The van der Waals surface area contributed by atoms with Gasteiger partial charge in [-0.25, -0.2) is 0 Å². The summed E-state index contributed by atoms with van der Waals surface area (Å²) in [6, 6.07) is 0. The van der Waals surface area contributed by atoms with Crippen molar-refractivity contribution < 1.29 is 9.46 Å². The first kappa shape index (κ1) is 5.35. The van der Waals surface area contributed by atoms with Gasteiger partial charge in [0.2, 0.25) is 5.62 Å². The van der Waals surface area contributed by atoms with Crippen LogP contribution in [0.2, 0.25) is 0 Å². The van der Waals surface area contributed by atoms with Crippen molar-refractivity contribution in [3.05, 3.63) is 0 Å². The van der Waals surface area contributed by atoms with Crippen molar-refractivity contribution in [1.29, 1.82) is 0 Å². The molecule has 0 amide bonds. The molecule has 0 aliphatic heterocycles. The number of hydrogen-bond donors (Lipinski definition) is 0. The second-order valence-electron chi connectivity index (χ2n) is 0.452. The molecule has 0 aromatic rings. The van der Waals surface area contributed by atoms with E-state index in [0.29, 0.717) is 0 Å². The Morgan fingerprint density at radius 2 is 2.20 bits per heavy atom. The van der Waals surface area contributed by atoms with Crippen molar-refractivity contribution in [1.82, 2.24) is 0 Å². The Labute approximate surface area is 35.6 Å². The van der Waals surface area contributed by atoms with E-state index in [1.807, 2.05) is 0 Å². The van der Waals surface area contributed by atoms with Crippen LogP contribution < -0.4 is 4.89 Å². The molecule has 0 heterocycles. The Morgan fingerprint density at radius 3 is 2.20 bits per heavy atom. The summed E-state index contributed by atoms with van der Waals surface area (Å²) in [5, 5.41) is 0. The Morgan fingerprint density at radius 1 is 2.00 bits per heavy atom. The summed E-state index contributed by atoms with van der Waals surface area (Å²) >= 11 is 4.74. The molecule has 0 fully saturated rings. The minimum atomic E-state index is -2.33. The predicted molar refractivity (Wildman–Crippen MR) is 18.3 cm³/mol. The largest absolute Gasteiger partial charge is 0.595 e. The predicted octanol–water partition coefficient (Wildman–Crippen LogP) is 0.285. The zero-order valence-corrected chi connectivity index (χ0v) is 4.00. The third-order valence-electron chi connectivity index (χ3n) is 0.0976. The van der Waals surface area contributed by atoms with Gasteiger partial charge in [-0.1, -0.05) is 16.2 Å². The van der Waals surface area contributed by atoms with Crippen molar-refractivity contribution in [2.75, 3.05) is 5.62 Å². The molecule has 1 atom stereocenters. The molecule has 0 aliphatic rings. The molecule has 30 valence electrons. The number of alkyl halides is 1. The summed E-state index contributed by atoms with van der Waals surface area (Å²) in [5.41, 5.74) is -0.269. The van der Waals surface area contributed by atoms with Crippen molar-refractivity contribution in [2.45, 2.75) is 0 Å². The first-order chi connectivity index (χ1) is 2.27. The van der Waals surface area contributed by atoms with Crippen LogP contribution in [0.3, 0.4) is 0 Å². The maximum absolute atomic E-state index is 9.27. The fourth-order valence-electron chi connectivity index (χ4n) is 0. The van der Waals surface area contributed by atoms with E-state index in [-0.39, 0.29) is 5.62 Å². The molecule has 0 radical (unpaired) electrons. The molecule has 0 bridgehead atoms. The summed E-state index contributed by atoms with van der Waals surface area (Å²) in [7, 11) is -2.33. The van der Waals surface area contributed by atoms with E-state index < -0.39 is 8.03 Å². The zero-order valence-electron chi connectivity index (χ0n) is 2.35. The molecular formula is CH2ClO2P. The molecule has 1 unspecified atom stereocenters. The zero-order chi connectivity index (χ0) is 4.28. The molecule has 4 heteroatoms. The minimum absolute atomic E-state index is 0.269. The standard InChI is InChI=1S/CH2ClO2P/c2-1-5(3)4/h1H2. The number of rotatable bonds is 1. The summed E-state index contributed by atoms with van der Waals surface area (Å²) in [6.07, 6.45) is 0. The Balaban J connectivity index is 2.85. The number of halogens is 1. The highest BCUT2D eigenvalue weighted by Crippen LogP contribution is 2.06. The van der Waals surface area contributed by atoms with Crippen LogP contribution in [0.4, 0.5) is 0 Å². The molecule has 0 aromatic carbocycles. The average Bonchev–Trinajstić information content (AvgIpc) is 1.38. The van der Waals surface area contributed by atoms with E-state index in [0.717, 1.165) is 0 Å². The van der Waals surface area contributed by atoms with Gasteiger partial charge < -0.3 is 4.89 Å². The second-order valence-corrected chi connectivity index (χ2v) is 2.07. The normalized spacial score (nSPS) is 11.2. The molecule has 0 saturated heterocycles. The van der Waals surface area contributed by atoms with Crippen LogP contribution in [0.5, 0.6) is 0 Å². The highest BCUT2D eigenvalue weighted by molar-refractivity contribution is 7.38. The van der Waals surface area contributed by atoms with Crippen molar-refractivity contribution in [3.63, 3.8) is 0 Å². The lowest BCUT2D eigenvalue weighted by Gasteiger charge is -1.68. The smallest absolute Gasteiger partial charge is 0.325 e. The van der Waals surface area contributed by atoms with Gasteiger partial charge >= 0.3 is 8.03 Å². The van der Waals surface area contributed by atoms with E-state index in [9.17, 15) is 9.46 Å². The molecular weight excluding hydrogens is 110 g/mol. The van der Waals surface area contributed by atoms with Gasteiger partial charge in [0.05, 0.1) is 0 Å². The topological polar surface area (TPSA) is 40.1 Å². The van der Waals surface area contributed by atoms with Gasteiger partial charge in [0.1, 0.15) is 0 Å². The quantitative estimate of drug-likeness (QED) is 0.361. The first-order valence-corrected chi connectivity index (χ1v) is 2.85. The molecule has 0 saturated carbocycles. The van der Waals surface area contributed by atoms with Gasteiger partial charge in [-0.05, 0) is 0 Å². The fraction of sp³-hybridized carbons (Fsp3) is 1.00. The van der Waals surface area contributed by atoms with Crippen molar-refractivity contribution in [2.24, 2.45) is 0 Å². The number of hydrogen-bond acceptors (Lipinski definition) is 2. The monoisotopic (exact) mass is 112 g/mol. The van der Waals surface area contributed by atoms with Gasteiger partial charge in [-0.3, -0.25) is 0 Å². The highest BCUT2D eigenvalue weighted by Gasteiger charge is 1.87. The average molecular weight is 112 g/mol. The van der Waals surface area contributed by atoms with Crippen molar-refractivity contribution >= 4 is 19.6 Å². The molecule has 0 N–H and O–H groups in total. The molecule has 0 aliphatic carbocycles. The lowest BCUT2D eigenvalue weighted by molar-refractivity contribution is -0.163. The van der Waals surface area contributed by atoms with Gasteiger partial charge in [0.25, 0.3) is 0 Å². The molecule has 0 aromatic heterocycles.